The van der Waals surface area contributed by atoms with Gasteiger partial charge in [0.05, 0.1) is 20.8 Å². The molecule has 1 aromatic rings. The van der Waals surface area contributed by atoms with E-state index >= 15 is 0 Å². The number of amides is 2. The van der Waals surface area contributed by atoms with Crippen molar-refractivity contribution < 1.29 is 23.8 Å². The third kappa shape index (κ3) is 3.18. The van der Waals surface area contributed by atoms with Gasteiger partial charge in [0, 0.05) is 18.5 Å². The quantitative estimate of drug-likeness (QED) is 0.774. The molecule has 126 valence electrons. The number of hydrogen-bond acceptors (Lipinski definition) is 5. The Labute approximate surface area is 135 Å². The summed E-state index contributed by atoms with van der Waals surface area (Å²) in [5.41, 5.74) is -0.272. The lowest BCUT2D eigenvalue weighted by Crippen LogP contribution is -2.49. The maximum absolute atomic E-state index is 12.4. The van der Waals surface area contributed by atoms with Gasteiger partial charge >= 0.3 is 12.0 Å². The fourth-order valence-corrected chi connectivity index (χ4v) is 2.69. The molecule has 2 atom stereocenters. The Balaban J connectivity index is 2.36. The number of carbonyl (C=O) groups excluding carboxylic acids is 2. The maximum Gasteiger partial charge on any atom is 0.332 e. The first kappa shape index (κ1) is 16.9. The van der Waals surface area contributed by atoms with Gasteiger partial charge in [-0.25, -0.2) is 9.59 Å². The predicted octanol–water partition coefficient (Wildman–Crippen LogP) is 1.42. The average Bonchev–Trinajstić information content (AvgIpc) is 3.29. The summed E-state index contributed by atoms with van der Waals surface area (Å²) >= 11 is 0. The van der Waals surface area contributed by atoms with E-state index < -0.39 is 17.5 Å². The van der Waals surface area contributed by atoms with Crippen molar-refractivity contribution in [3.63, 3.8) is 0 Å². The molecule has 1 aliphatic rings. The molecule has 23 heavy (non-hydrogen) atoms. The first-order valence-corrected chi connectivity index (χ1v) is 7.41. The van der Waals surface area contributed by atoms with Crippen molar-refractivity contribution in [1.29, 1.82) is 0 Å². The largest absolute Gasteiger partial charge is 0.497 e. The van der Waals surface area contributed by atoms with E-state index in [1.165, 1.54) is 7.05 Å². The van der Waals surface area contributed by atoms with Crippen molar-refractivity contribution in [2.75, 3.05) is 27.9 Å². The van der Waals surface area contributed by atoms with Gasteiger partial charge in [-0.15, -0.1) is 0 Å². The highest BCUT2D eigenvalue weighted by Crippen LogP contribution is 2.55. The second-order valence-corrected chi connectivity index (χ2v) is 5.26. The zero-order chi connectivity index (χ0) is 17.0. The first-order valence-electron chi connectivity index (χ1n) is 7.41. The van der Waals surface area contributed by atoms with E-state index in [9.17, 15) is 9.59 Å². The van der Waals surface area contributed by atoms with Crippen molar-refractivity contribution in [3.8, 4) is 11.5 Å². The summed E-state index contributed by atoms with van der Waals surface area (Å²) in [6.07, 6.45) is 0.447. The van der Waals surface area contributed by atoms with E-state index in [2.05, 4.69) is 10.6 Å². The second-order valence-electron chi connectivity index (χ2n) is 5.26. The van der Waals surface area contributed by atoms with Gasteiger partial charge in [-0.3, -0.25) is 0 Å². The number of ether oxygens (including phenoxy) is 3. The molecule has 7 heteroatoms. The zero-order valence-electron chi connectivity index (χ0n) is 13.8. The van der Waals surface area contributed by atoms with E-state index in [-0.39, 0.29) is 12.5 Å². The lowest BCUT2D eigenvalue weighted by Gasteiger charge is -2.19. The van der Waals surface area contributed by atoms with Crippen LogP contribution >= 0.6 is 0 Å². The fraction of sp³-hybridized carbons (Fsp3) is 0.500. The minimum Gasteiger partial charge on any atom is -0.497 e. The molecule has 7 nitrogen and oxygen atoms in total. The van der Waals surface area contributed by atoms with Crippen molar-refractivity contribution >= 4 is 12.0 Å². The molecule has 0 radical (unpaired) electrons. The number of urea groups is 1. The van der Waals surface area contributed by atoms with Crippen LogP contribution in [0.4, 0.5) is 4.79 Å². The number of esters is 1. The van der Waals surface area contributed by atoms with Crippen LogP contribution in [0.1, 0.15) is 24.8 Å². The van der Waals surface area contributed by atoms with Gasteiger partial charge < -0.3 is 24.8 Å². The number of rotatable bonds is 6. The topological polar surface area (TPSA) is 85.9 Å². The molecule has 1 saturated carbocycles. The van der Waals surface area contributed by atoms with Crippen molar-refractivity contribution in [1.82, 2.24) is 10.6 Å². The van der Waals surface area contributed by atoms with Crippen LogP contribution in [0.5, 0.6) is 11.5 Å². The Bertz CT molecular complexity index is 604. The summed E-state index contributed by atoms with van der Waals surface area (Å²) in [5.74, 6) is 0.619. The maximum atomic E-state index is 12.4. The van der Waals surface area contributed by atoms with Crippen molar-refractivity contribution in [2.45, 2.75) is 24.8 Å². The standard InChI is InChI=1S/C16H22N2O5/c1-5-23-14(19)16(18-15(20)17-2)9-12(16)11-8-10(21-3)6-7-13(11)22-4/h6-8,12H,5,9H2,1-4H3,(H2,17,18,20). The molecule has 0 aliphatic heterocycles. The van der Waals surface area contributed by atoms with Gasteiger partial charge in [-0.05, 0) is 31.5 Å². The molecular formula is C16H22N2O5. The third-order valence-electron chi connectivity index (χ3n) is 3.98. The van der Waals surface area contributed by atoms with Crippen LogP contribution < -0.4 is 20.1 Å². The van der Waals surface area contributed by atoms with Crippen LogP contribution in [-0.2, 0) is 9.53 Å². The number of nitrogens with one attached hydrogen (secondary N) is 2. The first-order chi connectivity index (χ1) is 11.0. The van der Waals surface area contributed by atoms with E-state index in [0.717, 1.165) is 5.56 Å². The zero-order valence-corrected chi connectivity index (χ0v) is 13.8. The van der Waals surface area contributed by atoms with Crippen LogP contribution in [0.3, 0.4) is 0 Å². The Kier molecular flexibility index (Phi) is 4.98. The van der Waals surface area contributed by atoms with E-state index in [1.54, 1.807) is 33.3 Å². The van der Waals surface area contributed by atoms with Crippen LogP contribution in [0.25, 0.3) is 0 Å². The molecule has 2 N–H and O–H groups in total. The molecule has 1 aromatic carbocycles. The number of hydrogen-bond donors (Lipinski definition) is 2. The minimum atomic E-state index is -1.07. The summed E-state index contributed by atoms with van der Waals surface area (Å²) in [6.45, 7) is 1.98. The number of methoxy groups -OCH3 is 2. The highest BCUT2D eigenvalue weighted by atomic mass is 16.5. The number of benzene rings is 1. The summed E-state index contributed by atoms with van der Waals surface area (Å²) < 4.78 is 15.8. The van der Waals surface area contributed by atoms with Crippen molar-refractivity contribution in [2.24, 2.45) is 0 Å². The molecule has 2 amide bonds. The summed E-state index contributed by atoms with van der Waals surface area (Å²) in [5, 5.41) is 5.19. The van der Waals surface area contributed by atoms with Crippen LogP contribution in [0, 0.1) is 0 Å². The monoisotopic (exact) mass is 322 g/mol. The Morgan fingerprint density at radius 1 is 1.30 bits per heavy atom. The molecule has 1 aliphatic carbocycles. The van der Waals surface area contributed by atoms with Gasteiger partial charge in [-0.1, -0.05) is 0 Å². The molecule has 2 unspecified atom stereocenters. The Morgan fingerprint density at radius 2 is 2.04 bits per heavy atom. The summed E-state index contributed by atoms with van der Waals surface area (Å²) in [7, 11) is 4.63. The molecule has 0 heterocycles. The predicted molar refractivity (Wildman–Crippen MR) is 83.9 cm³/mol. The highest BCUT2D eigenvalue weighted by Gasteiger charge is 2.64. The minimum absolute atomic E-state index is 0.233. The van der Waals surface area contributed by atoms with Gasteiger partial charge in [0.2, 0.25) is 0 Å². The summed E-state index contributed by atoms with van der Waals surface area (Å²) in [6, 6.07) is 4.95. The third-order valence-corrected chi connectivity index (χ3v) is 3.98. The SMILES string of the molecule is CCOC(=O)C1(NC(=O)NC)CC1c1cc(OC)ccc1OC. The van der Waals surface area contributed by atoms with Crippen LogP contribution in [0.15, 0.2) is 18.2 Å². The van der Waals surface area contributed by atoms with Crippen LogP contribution in [0.2, 0.25) is 0 Å². The lowest BCUT2D eigenvalue weighted by atomic mass is 10.0. The molecule has 0 spiro atoms. The molecule has 0 aromatic heterocycles. The highest BCUT2D eigenvalue weighted by molar-refractivity contribution is 5.92. The van der Waals surface area contributed by atoms with Gasteiger partial charge in [0.15, 0.2) is 0 Å². The van der Waals surface area contributed by atoms with E-state index in [0.29, 0.717) is 17.9 Å². The van der Waals surface area contributed by atoms with Gasteiger partial charge in [0.1, 0.15) is 17.0 Å². The Hall–Kier alpha value is -2.44. The lowest BCUT2D eigenvalue weighted by molar-refractivity contribution is -0.146. The molecule has 0 bridgehead atoms. The summed E-state index contributed by atoms with van der Waals surface area (Å²) in [4.78, 5) is 24.1. The number of carbonyl (C=O) groups is 2. The Morgan fingerprint density at radius 3 is 2.61 bits per heavy atom. The average molecular weight is 322 g/mol. The molecule has 1 fully saturated rings. The fourth-order valence-electron chi connectivity index (χ4n) is 2.69. The molecular weight excluding hydrogens is 300 g/mol. The van der Waals surface area contributed by atoms with Gasteiger partial charge in [0.25, 0.3) is 0 Å². The van der Waals surface area contributed by atoms with E-state index in [4.69, 9.17) is 14.2 Å². The van der Waals surface area contributed by atoms with Gasteiger partial charge in [-0.2, -0.15) is 0 Å². The van der Waals surface area contributed by atoms with Crippen LogP contribution in [-0.4, -0.2) is 45.4 Å². The molecule has 0 saturated heterocycles. The second kappa shape index (κ2) is 6.76. The van der Waals surface area contributed by atoms with Crippen molar-refractivity contribution in [3.05, 3.63) is 23.8 Å². The smallest absolute Gasteiger partial charge is 0.332 e. The van der Waals surface area contributed by atoms with E-state index in [1.807, 2.05) is 6.07 Å². The normalized spacial score (nSPS) is 22.0. The molecule has 2 rings (SSSR count).